The van der Waals surface area contributed by atoms with E-state index in [-0.39, 0.29) is 18.6 Å². The summed E-state index contributed by atoms with van der Waals surface area (Å²) in [5, 5.41) is 0. The van der Waals surface area contributed by atoms with Crippen LogP contribution in [0.1, 0.15) is 51.0 Å². The van der Waals surface area contributed by atoms with Crippen molar-refractivity contribution in [2.45, 2.75) is 51.9 Å². The second-order valence-corrected chi connectivity index (χ2v) is 6.08. The Morgan fingerprint density at radius 2 is 1.68 bits per heavy atom. The quantitative estimate of drug-likeness (QED) is 0.369. The fourth-order valence-corrected chi connectivity index (χ4v) is 2.74. The van der Waals surface area contributed by atoms with Crippen LogP contribution in [-0.2, 0) is 30.3 Å². The van der Waals surface area contributed by atoms with Gasteiger partial charge in [0.1, 0.15) is 0 Å². The molecule has 134 valence electrons. The number of esters is 3. The van der Waals surface area contributed by atoms with E-state index < -0.39 is 17.9 Å². The molecule has 0 radical (unpaired) electrons. The minimum atomic E-state index is -0.712. The van der Waals surface area contributed by atoms with Crippen molar-refractivity contribution in [1.82, 2.24) is 0 Å². The first-order chi connectivity index (χ1) is 12.1. The van der Waals surface area contributed by atoms with Crippen LogP contribution < -0.4 is 0 Å². The molecule has 0 bridgehead atoms. The molecule has 1 heterocycles. The lowest BCUT2D eigenvalue weighted by atomic mass is 10.0. The molecule has 0 aliphatic carbocycles. The average Bonchev–Trinajstić information content (AvgIpc) is 2.86. The van der Waals surface area contributed by atoms with Gasteiger partial charge >= 0.3 is 17.9 Å². The molecule has 0 fully saturated rings. The Kier molecular flexibility index (Phi) is 7.38. The molecule has 0 atom stereocenters. The summed E-state index contributed by atoms with van der Waals surface area (Å²) in [5.74, 6) is -1.84. The maximum Gasteiger partial charge on any atom is 0.343 e. The Morgan fingerprint density at radius 1 is 0.960 bits per heavy atom. The number of rotatable bonds is 10. The minimum absolute atomic E-state index is 0.159. The van der Waals surface area contributed by atoms with E-state index in [1.165, 1.54) is 0 Å². The largest absolute Gasteiger partial charge is 0.465 e. The number of hydrogen-bond acceptors (Lipinski definition) is 5. The highest BCUT2D eigenvalue weighted by molar-refractivity contribution is 6.13. The van der Waals surface area contributed by atoms with Gasteiger partial charge in [0.05, 0.1) is 18.6 Å². The smallest absolute Gasteiger partial charge is 0.343 e. The van der Waals surface area contributed by atoms with Crippen LogP contribution in [0.25, 0.3) is 0 Å². The number of ether oxygens (including phenoxy) is 2. The summed E-state index contributed by atoms with van der Waals surface area (Å²) in [4.78, 5) is 35.6. The zero-order valence-corrected chi connectivity index (χ0v) is 14.6. The van der Waals surface area contributed by atoms with E-state index in [1.54, 1.807) is 0 Å². The van der Waals surface area contributed by atoms with Crippen LogP contribution in [0.3, 0.4) is 0 Å². The molecule has 0 saturated carbocycles. The van der Waals surface area contributed by atoms with E-state index in [0.29, 0.717) is 18.4 Å². The van der Waals surface area contributed by atoms with Gasteiger partial charge in [-0.25, -0.2) is 9.59 Å². The molecule has 2 rings (SSSR count). The summed E-state index contributed by atoms with van der Waals surface area (Å²) in [6, 6.07) is 9.68. The predicted molar refractivity (Wildman–Crippen MR) is 92.6 cm³/mol. The van der Waals surface area contributed by atoms with Crippen LogP contribution >= 0.6 is 0 Å². The third-order valence-electron chi connectivity index (χ3n) is 4.14. The predicted octanol–water partition coefficient (Wildman–Crippen LogP) is 3.51. The van der Waals surface area contributed by atoms with Crippen LogP contribution in [0.4, 0.5) is 0 Å². The number of carbonyl (C=O) groups is 3. The highest BCUT2D eigenvalue weighted by Gasteiger charge is 2.33. The number of cyclic esters (lactones) is 2. The van der Waals surface area contributed by atoms with Crippen molar-refractivity contribution in [3.63, 3.8) is 0 Å². The Hall–Kier alpha value is -2.43. The maximum absolute atomic E-state index is 12.0. The van der Waals surface area contributed by atoms with E-state index in [0.717, 1.165) is 31.2 Å². The zero-order valence-electron chi connectivity index (χ0n) is 14.6. The highest BCUT2D eigenvalue weighted by atomic mass is 16.6. The van der Waals surface area contributed by atoms with Gasteiger partial charge in [0.25, 0.3) is 0 Å². The fraction of sp³-hybridized carbons (Fsp3) is 0.450. The third-order valence-corrected chi connectivity index (χ3v) is 4.14. The van der Waals surface area contributed by atoms with Gasteiger partial charge in [-0.15, -0.1) is 0 Å². The molecular weight excluding hydrogens is 320 g/mol. The molecule has 0 N–H and O–H groups in total. The second-order valence-electron chi connectivity index (χ2n) is 6.08. The van der Waals surface area contributed by atoms with Gasteiger partial charge in [0.2, 0.25) is 0 Å². The van der Waals surface area contributed by atoms with Crippen LogP contribution in [0.2, 0.25) is 0 Å². The van der Waals surface area contributed by atoms with Crippen molar-refractivity contribution in [1.29, 1.82) is 0 Å². The lowest BCUT2D eigenvalue weighted by Crippen LogP contribution is -2.11. The molecule has 5 heteroatoms. The summed E-state index contributed by atoms with van der Waals surface area (Å²) in [6.45, 7) is 2.34. The molecule has 0 unspecified atom stereocenters. The molecule has 0 amide bonds. The molecule has 1 aliphatic heterocycles. The zero-order chi connectivity index (χ0) is 18.1. The Morgan fingerprint density at radius 3 is 2.40 bits per heavy atom. The van der Waals surface area contributed by atoms with Gasteiger partial charge in [-0.2, -0.15) is 0 Å². The van der Waals surface area contributed by atoms with Crippen LogP contribution in [0.15, 0.2) is 41.5 Å². The average molecular weight is 344 g/mol. The highest BCUT2D eigenvalue weighted by Crippen LogP contribution is 2.25. The van der Waals surface area contributed by atoms with Crippen molar-refractivity contribution in [3.05, 3.63) is 47.0 Å². The molecule has 0 aromatic heterocycles. The standard InChI is InChI=1S/C20H24O5/c1-2-3-4-8-11-16-17(20(23)25-19(16)22)14-18(21)24-13-12-15-9-6-5-7-10-15/h5-7,9-10H,2-4,8,11-14H2,1H3. The number of carbonyl (C=O) groups excluding carboxylic acids is 3. The molecule has 0 saturated heterocycles. The molecular formula is C20H24O5. The molecule has 5 nitrogen and oxygen atoms in total. The molecule has 0 spiro atoms. The third kappa shape index (κ3) is 5.85. The van der Waals surface area contributed by atoms with Crippen molar-refractivity contribution in [2.24, 2.45) is 0 Å². The van der Waals surface area contributed by atoms with Gasteiger partial charge in [-0.05, 0) is 18.4 Å². The van der Waals surface area contributed by atoms with Crippen molar-refractivity contribution in [3.8, 4) is 0 Å². The van der Waals surface area contributed by atoms with Gasteiger partial charge < -0.3 is 9.47 Å². The molecule has 25 heavy (non-hydrogen) atoms. The summed E-state index contributed by atoms with van der Waals surface area (Å²) in [6.07, 6.45) is 4.82. The van der Waals surface area contributed by atoms with Crippen molar-refractivity contribution in [2.75, 3.05) is 6.61 Å². The van der Waals surface area contributed by atoms with E-state index in [4.69, 9.17) is 4.74 Å². The second kappa shape index (κ2) is 9.77. The van der Waals surface area contributed by atoms with Crippen molar-refractivity contribution >= 4 is 17.9 Å². The van der Waals surface area contributed by atoms with Gasteiger partial charge in [-0.3, -0.25) is 4.79 Å². The van der Waals surface area contributed by atoms with E-state index in [9.17, 15) is 14.4 Å². The topological polar surface area (TPSA) is 69.7 Å². The summed E-state index contributed by atoms with van der Waals surface area (Å²) < 4.78 is 9.85. The van der Waals surface area contributed by atoms with Crippen LogP contribution in [0.5, 0.6) is 0 Å². The van der Waals surface area contributed by atoms with Gasteiger partial charge in [-0.1, -0.05) is 56.5 Å². The van der Waals surface area contributed by atoms with E-state index >= 15 is 0 Å². The van der Waals surface area contributed by atoms with E-state index in [1.807, 2.05) is 30.3 Å². The molecule has 1 aromatic rings. The first-order valence-corrected chi connectivity index (χ1v) is 8.80. The Balaban J connectivity index is 1.86. The van der Waals surface area contributed by atoms with Crippen LogP contribution in [0, 0.1) is 0 Å². The summed E-state index contributed by atoms with van der Waals surface area (Å²) >= 11 is 0. The number of unbranched alkanes of at least 4 members (excludes halogenated alkanes) is 3. The SMILES string of the molecule is CCCCCCC1=C(CC(=O)OCCc2ccccc2)C(=O)OC1=O. The van der Waals surface area contributed by atoms with Gasteiger partial charge in [0, 0.05) is 12.0 Å². The Bertz CT molecular complexity index is 645. The number of hydrogen-bond donors (Lipinski definition) is 0. The fourth-order valence-electron chi connectivity index (χ4n) is 2.74. The summed E-state index contributed by atoms with van der Waals surface area (Å²) in [7, 11) is 0. The lowest BCUT2D eigenvalue weighted by molar-refractivity contribution is -0.152. The maximum atomic E-state index is 12.0. The molecule has 1 aliphatic rings. The normalized spacial score (nSPS) is 14.0. The van der Waals surface area contributed by atoms with E-state index in [2.05, 4.69) is 11.7 Å². The van der Waals surface area contributed by atoms with Crippen molar-refractivity contribution < 1.29 is 23.9 Å². The first kappa shape index (κ1) is 18.9. The Labute approximate surface area is 148 Å². The molecule has 1 aromatic carbocycles. The lowest BCUT2D eigenvalue weighted by Gasteiger charge is -2.05. The van der Waals surface area contributed by atoms with Crippen LogP contribution in [-0.4, -0.2) is 24.5 Å². The summed E-state index contributed by atoms with van der Waals surface area (Å²) in [5.41, 5.74) is 1.56. The minimum Gasteiger partial charge on any atom is -0.465 e. The van der Waals surface area contributed by atoms with Gasteiger partial charge in [0.15, 0.2) is 0 Å². The number of benzene rings is 1. The monoisotopic (exact) mass is 344 g/mol. The first-order valence-electron chi connectivity index (χ1n) is 8.80.